The highest BCUT2D eigenvalue weighted by molar-refractivity contribution is 8.00. The fourth-order valence-electron chi connectivity index (χ4n) is 4.38. The van der Waals surface area contributed by atoms with Crippen LogP contribution in [0.3, 0.4) is 0 Å². The van der Waals surface area contributed by atoms with E-state index in [2.05, 4.69) is 10.3 Å². The lowest BCUT2D eigenvalue weighted by Gasteiger charge is -2.57. The number of carbonyl (C=O) groups excluding carboxylic acids is 1. The van der Waals surface area contributed by atoms with Gasteiger partial charge < -0.3 is 9.73 Å². The Morgan fingerprint density at radius 3 is 2.79 bits per heavy atom. The zero-order valence-corrected chi connectivity index (χ0v) is 14.8. The number of aromatic nitrogens is 1. The minimum Gasteiger partial charge on any atom is -0.440 e. The Labute approximate surface area is 149 Å². The number of nitrogens with zero attached hydrogens (tertiary/aromatic N) is 1. The van der Waals surface area contributed by atoms with Crippen LogP contribution in [0.2, 0.25) is 5.02 Å². The van der Waals surface area contributed by atoms with E-state index in [0.29, 0.717) is 22.4 Å². The smallest absolute Gasteiger partial charge is 0.224 e. The molecule has 24 heavy (non-hydrogen) atoms. The number of benzene rings is 1. The molecule has 1 aromatic heterocycles. The van der Waals surface area contributed by atoms with Gasteiger partial charge in [0, 0.05) is 28.5 Å². The van der Waals surface area contributed by atoms with Crippen molar-refractivity contribution in [2.75, 3.05) is 11.5 Å². The van der Waals surface area contributed by atoms with Crippen molar-refractivity contribution in [3.8, 4) is 0 Å². The summed E-state index contributed by atoms with van der Waals surface area (Å²) in [6, 6.07) is 5.95. The lowest BCUT2D eigenvalue weighted by Crippen LogP contribution is -2.57. The highest BCUT2D eigenvalue weighted by Crippen LogP contribution is 2.61. The van der Waals surface area contributed by atoms with Crippen molar-refractivity contribution in [3.05, 3.63) is 29.1 Å². The van der Waals surface area contributed by atoms with Gasteiger partial charge in [-0.15, -0.1) is 0 Å². The van der Waals surface area contributed by atoms with Crippen LogP contribution in [0.1, 0.15) is 37.5 Å². The van der Waals surface area contributed by atoms with Crippen molar-refractivity contribution >= 4 is 40.4 Å². The normalized spacial score (nSPS) is 32.2. The van der Waals surface area contributed by atoms with Gasteiger partial charge in [-0.3, -0.25) is 4.79 Å². The lowest BCUT2D eigenvalue weighted by atomic mass is 9.50. The molecular formula is C18H19ClN2O2S. The molecule has 5 rings (SSSR count). The van der Waals surface area contributed by atoms with Crippen molar-refractivity contribution < 1.29 is 9.21 Å². The first-order chi connectivity index (χ1) is 11.6. The maximum absolute atomic E-state index is 12.0. The topological polar surface area (TPSA) is 55.1 Å². The Kier molecular flexibility index (Phi) is 3.39. The second-order valence-corrected chi connectivity index (χ2v) is 9.13. The van der Waals surface area contributed by atoms with E-state index in [1.165, 1.54) is 0 Å². The van der Waals surface area contributed by atoms with E-state index in [1.54, 1.807) is 0 Å². The first-order valence-electron chi connectivity index (χ1n) is 8.54. The summed E-state index contributed by atoms with van der Waals surface area (Å²) in [6.45, 7) is 0. The highest BCUT2D eigenvalue weighted by Gasteiger charge is 2.54. The molecule has 0 atom stereocenters. The van der Waals surface area contributed by atoms with E-state index in [9.17, 15) is 4.79 Å². The largest absolute Gasteiger partial charge is 0.440 e. The zero-order chi connectivity index (χ0) is 16.3. The average Bonchev–Trinajstić information content (AvgIpc) is 2.80. The van der Waals surface area contributed by atoms with Crippen molar-refractivity contribution in [2.45, 2.75) is 37.6 Å². The van der Waals surface area contributed by atoms with Crippen LogP contribution in [-0.4, -0.2) is 28.4 Å². The SMILES string of the molecule is O=C(NC1CC2(C1)CC(c1nc3cc(Cl)ccc3o1)C2)C1CSC1. The standard InChI is InChI=1S/C18H19ClN2O2S/c19-12-1-2-15-14(3-12)21-17(23-15)10-4-18(5-10)6-13(7-18)20-16(22)11-8-24-9-11/h1-3,10-11,13H,4-9H2,(H,20,22). The molecule has 1 spiro atoms. The summed E-state index contributed by atoms with van der Waals surface area (Å²) in [6.07, 6.45) is 4.47. The molecule has 1 aromatic carbocycles. The van der Waals surface area contributed by atoms with Gasteiger partial charge in [-0.05, 0) is 49.3 Å². The van der Waals surface area contributed by atoms with E-state index in [1.807, 2.05) is 30.0 Å². The van der Waals surface area contributed by atoms with Crippen molar-refractivity contribution in [2.24, 2.45) is 11.3 Å². The summed E-state index contributed by atoms with van der Waals surface area (Å²) in [4.78, 5) is 16.6. The Morgan fingerprint density at radius 1 is 1.29 bits per heavy atom. The summed E-state index contributed by atoms with van der Waals surface area (Å²) < 4.78 is 5.89. The molecular weight excluding hydrogens is 344 g/mol. The fraction of sp³-hybridized carbons (Fsp3) is 0.556. The summed E-state index contributed by atoms with van der Waals surface area (Å²) in [5.41, 5.74) is 2.07. The van der Waals surface area contributed by atoms with E-state index in [-0.39, 0.29) is 11.8 Å². The molecule has 4 nitrogen and oxygen atoms in total. The molecule has 1 aliphatic heterocycles. The summed E-state index contributed by atoms with van der Waals surface area (Å²) in [5, 5.41) is 3.91. The third kappa shape index (κ3) is 2.44. The fourth-order valence-corrected chi connectivity index (χ4v) is 5.32. The van der Waals surface area contributed by atoms with Gasteiger partial charge in [0.2, 0.25) is 5.91 Å². The van der Waals surface area contributed by atoms with Crippen molar-refractivity contribution in [1.29, 1.82) is 0 Å². The number of carbonyl (C=O) groups is 1. The third-order valence-electron chi connectivity index (χ3n) is 5.79. The second-order valence-electron chi connectivity index (χ2n) is 7.62. The van der Waals surface area contributed by atoms with Crippen LogP contribution in [-0.2, 0) is 4.79 Å². The van der Waals surface area contributed by atoms with Crippen LogP contribution in [0, 0.1) is 11.3 Å². The monoisotopic (exact) mass is 362 g/mol. The van der Waals surface area contributed by atoms with Gasteiger partial charge in [-0.25, -0.2) is 4.98 Å². The zero-order valence-electron chi connectivity index (χ0n) is 13.3. The maximum Gasteiger partial charge on any atom is 0.224 e. The molecule has 6 heteroatoms. The van der Waals surface area contributed by atoms with Crippen LogP contribution < -0.4 is 5.32 Å². The molecule has 2 aliphatic carbocycles. The molecule has 2 aromatic rings. The van der Waals surface area contributed by atoms with Gasteiger partial charge in [-0.2, -0.15) is 11.8 Å². The van der Waals surface area contributed by atoms with Gasteiger partial charge in [0.25, 0.3) is 0 Å². The van der Waals surface area contributed by atoms with Crippen LogP contribution in [0.25, 0.3) is 11.1 Å². The van der Waals surface area contributed by atoms with Gasteiger partial charge in [-0.1, -0.05) is 11.6 Å². The summed E-state index contributed by atoms with van der Waals surface area (Å²) >= 11 is 7.86. The first kappa shape index (κ1) is 15.1. The number of rotatable bonds is 3. The Balaban J connectivity index is 1.18. The molecule has 126 valence electrons. The van der Waals surface area contributed by atoms with E-state index in [4.69, 9.17) is 16.0 Å². The molecule has 3 fully saturated rings. The van der Waals surface area contributed by atoms with Crippen LogP contribution >= 0.6 is 23.4 Å². The molecule has 0 unspecified atom stereocenters. The molecule has 0 bridgehead atoms. The number of hydrogen-bond donors (Lipinski definition) is 1. The molecule has 2 heterocycles. The minimum absolute atomic E-state index is 0.257. The number of amides is 1. The van der Waals surface area contributed by atoms with Crippen molar-refractivity contribution in [1.82, 2.24) is 10.3 Å². The maximum atomic E-state index is 12.0. The van der Waals surface area contributed by atoms with Crippen molar-refractivity contribution in [3.63, 3.8) is 0 Å². The average molecular weight is 363 g/mol. The summed E-state index contributed by atoms with van der Waals surface area (Å²) in [5.74, 6) is 3.77. The van der Waals surface area contributed by atoms with E-state index >= 15 is 0 Å². The number of oxazole rings is 1. The van der Waals surface area contributed by atoms with Crippen LogP contribution in [0.4, 0.5) is 0 Å². The Hall–Kier alpha value is -1.20. The quantitative estimate of drug-likeness (QED) is 0.897. The predicted octanol–water partition coefficient (Wildman–Crippen LogP) is 3.99. The van der Waals surface area contributed by atoms with E-state index in [0.717, 1.165) is 54.2 Å². The third-order valence-corrected chi connectivity index (χ3v) is 7.30. The molecule has 2 saturated carbocycles. The molecule has 1 amide bonds. The van der Waals surface area contributed by atoms with E-state index < -0.39 is 0 Å². The lowest BCUT2D eigenvalue weighted by molar-refractivity contribution is -0.127. The van der Waals surface area contributed by atoms with Crippen LogP contribution in [0.15, 0.2) is 22.6 Å². The number of halogens is 1. The first-order valence-corrected chi connectivity index (χ1v) is 10.1. The number of nitrogens with one attached hydrogen (secondary N) is 1. The summed E-state index contributed by atoms with van der Waals surface area (Å²) in [7, 11) is 0. The Morgan fingerprint density at radius 2 is 2.08 bits per heavy atom. The number of thioether (sulfide) groups is 1. The molecule has 0 radical (unpaired) electrons. The van der Waals surface area contributed by atoms with Gasteiger partial charge in [0.05, 0.1) is 5.92 Å². The molecule has 1 saturated heterocycles. The predicted molar refractivity (Wildman–Crippen MR) is 95.4 cm³/mol. The molecule has 1 N–H and O–H groups in total. The Bertz CT molecular complexity index is 802. The molecule has 3 aliphatic rings. The second kappa shape index (κ2) is 5.40. The number of hydrogen-bond acceptors (Lipinski definition) is 4. The number of fused-ring (bicyclic) bond motifs is 1. The minimum atomic E-state index is 0.257. The van der Waals surface area contributed by atoms with Crippen LogP contribution in [0.5, 0.6) is 0 Å². The highest BCUT2D eigenvalue weighted by atomic mass is 35.5. The van der Waals surface area contributed by atoms with Gasteiger partial charge >= 0.3 is 0 Å². The van der Waals surface area contributed by atoms with Gasteiger partial charge in [0.1, 0.15) is 5.52 Å². The van der Waals surface area contributed by atoms with Gasteiger partial charge in [0.15, 0.2) is 11.5 Å².